The second-order valence-corrected chi connectivity index (χ2v) is 4.68. The molecule has 2 heteroatoms. The summed E-state index contributed by atoms with van der Waals surface area (Å²) in [5.74, 6) is 1.24. The normalized spacial score (nSPS) is 40.6. The maximum absolute atomic E-state index is 9.63. The van der Waals surface area contributed by atoms with Crippen LogP contribution in [-0.2, 0) is 4.74 Å². The zero-order chi connectivity index (χ0) is 10.7. The lowest BCUT2D eigenvalue weighted by Crippen LogP contribution is -2.42. The molecular formula is C12H22O2. The third-order valence-electron chi connectivity index (χ3n) is 3.19. The number of rotatable bonds is 3. The number of allylic oxidation sites excluding steroid dienone is 1. The highest BCUT2D eigenvalue weighted by atomic mass is 16.6. The van der Waals surface area contributed by atoms with Crippen molar-refractivity contribution in [2.45, 2.75) is 46.0 Å². The van der Waals surface area contributed by atoms with Gasteiger partial charge in [0.2, 0.25) is 0 Å². The lowest BCUT2D eigenvalue weighted by molar-refractivity contribution is -0.218. The summed E-state index contributed by atoms with van der Waals surface area (Å²) in [4.78, 5) is 0. The SMILES string of the molecule is C=CC[C@H](C)[C@H]1OC(O)[C@H](C)C[C@@H]1C. The molecule has 1 rings (SSSR count). The maximum Gasteiger partial charge on any atom is 0.157 e. The molecule has 1 unspecified atom stereocenters. The van der Waals surface area contributed by atoms with E-state index < -0.39 is 6.29 Å². The minimum atomic E-state index is -0.580. The molecule has 1 fully saturated rings. The van der Waals surface area contributed by atoms with Gasteiger partial charge in [0, 0.05) is 5.92 Å². The summed E-state index contributed by atoms with van der Waals surface area (Å²) in [6.07, 6.45) is 3.52. The summed E-state index contributed by atoms with van der Waals surface area (Å²) in [5, 5.41) is 9.63. The third kappa shape index (κ3) is 2.58. The Morgan fingerprint density at radius 2 is 2.14 bits per heavy atom. The molecule has 0 radical (unpaired) electrons. The zero-order valence-corrected chi connectivity index (χ0v) is 9.44. The number of aliphatic hydroxyl groups excluding tert-OH is 1. The van der Waals surface area contributed by atoms with Crippen LogP contribution in [0.5, 0.6) is 0 Å². The van der Waals surface area contributed by atoms with Crippen molar-refractivity contribution in [3.05, 3.63) is 12.7 Å². The van der Waals surface area contributed by atoms with E-state index in [1.807, 2.05) is 13.0 Å². The first-order chi connectivity index (χ1) is 6.56. The molecule has 0 aromatic heterocycles. The Hall–Kier alpha value is -0.340. The van der Waals surface area contributed by atoms with Gasteiger partial charge in [0.25, 0.3) is 0 Å². The predicted octanol–water partition coefficient (Wildman–Crippen LogP) is 2.58. The van der Waals surface area contributed by atoms with E-state index in [0.29, 0.717) is 11.8 Å². The molecule has 0 saturated carbocycles. The number of ether oxygens (including phenoxy) is 1. The third-order valence-corrected chi connectivity index (χ3v) is 3.19. The van der Waals surface area contributed by atoms with Gasteiger partial charge in [-0.15, -0.1) is 6.58 Å². The summed E-state index contributed by atoms with van der Waals surface area (Å²) < 4.78 is 5.63. The van der Waals surface area contributed by atoms with Gasteiger partial charge >= 0.3 is 0 Å². The van der Waals surface area contributed by atoms with E-state index >= 15 is 0 Å². The Kier molecular flexibility index (Phi) is 4.14. The Bertz CT molecular complexity index is 191. The lowest BCUT2D eigenvalue weighted by Gasteiger charge is -2.39. The van der Waals surface area contributed by atoms with E-state index in [1.165, 1.54) is 0 Å². The molecule has 0 bridgehead atoms. The Morgan fingerprint density at radius 1 is 1.50 bits per heavy atom. The first kappa shape index (κ1) is 11.7. The fraction of sp³-hybridized carbons (Fsp3) is 0.833. The summed E-state index contributed by atoms with van der Waals surface area (Å²) in [6.45, 7) is 10.1. The van der Waals surface area contributed by atoms with Gasteiger partial charge in [-0.3, -0.25) is 0 Å². The van der Waals surface area contributed by atoms with E-state index in [1.54, 1.807) is 0 Å². The molecule has 0 amide bonds. The molecule has 1 heterocycles. The fourth-order valence-corrected chi connectivity index (χ4v) is 2.36. The van der Waals surface area contributed by atoms with Crippen molar-refractivity contribution >= 4 is 0 Å². The first-order valence-corrected chi connectivity index (χ1v) is 5.50. The molecule has 0 spiro atoms. The van der Waals surface area contributed by atoms with Crippen LogP contribution in [0.4, 0.5) is 0 Å². The Balaban J connectivity index is 2.56. The largest absolute Gasteiger partial charge is 0.368 e. The van der Waals surface area contributed by atoms with Crippen LogP contribution in [0.15, 0.2) is 12.7 Å². The van der Waals surface area contributed by atoms with Crippen molar-refractivity contribution in [3.8, 4) is 0 Å². The second-order valence-electron chi connectivity index (χ2n) is 4.68. The van der Waals surface area contributed by atoms with Crippen LogP contribution in [-0.4, -0.2) is 17.5 Å². The highest BCUT2D eigenvalue weighted by molar-refractivity contribution is 4.83. The average molecular weight is 198 g/mol. The van der Waals surface area contributed by atoms with Crippen LogP contribution < -0.4 is 0 Å². The lowest BCUT2D eigenvalue weighted by atomic mass is 9.82. The van der Waals surface area contributed by atoms with Crippen molar-refractivity contribution in [2.24, 2.45) is 17.8 Å². The van der Waals surface area contributed by atoms with E-state index in [2.05, 4.69) is 20.4 Å². The van der Waals surface area contributed by atoms with Crippen molar-refractivity contribution < 1.29 is 9.84 Å². The summed E-state index contributed by atoms with van der Waals surface area (Å²) >= 11 is 0. The molecule has 0 aliphatic carbocycles. The summed E-state index contributed by atoms with van der Waals surface area (Å²) in [5.41, 5.74) is 0. The molecule has 1 aliphatic heterocycles. The topological polar surface area (TPSA) is 29.5 Å². The molecule has 1 saturated heterocycles. The Morgan fingerprint density at radius 3 is 2.71 bits per heavy atom. The molecule has 2 nitrogen and oxygen atoms in total. The number of aliphatic hydroxyl groups is 1. The molecule has 0 aromatic rings. The Labute approximate surface area is 87.0 Å². The van der Waals surface area contributed by atoms with Gasteiger partial charge < -0.3 is 9.84 Å². The minimum absolute atomic E-state index is 0.180. The van der Waals surface area contributed by atoms with Crippen molar-refractivity contribution in [1.82, 2.24) is 0 Å². The highest BCUT2D eigenvalue weighted by Crippen LogP contribution is 2.33. The quantitative estimate of drug-likeness (QED) is 0.706. The molecule has 1 N–H and O–H groups in total. The van der Waals surface area contributed by atoms with Crippen LogP contribution >= 0.6 is 0 Å². The van der Waals surface area contributed by atoms with Gasteiger partial charge in [-0.05, 0) is 24.7 Å². The van der Waals surface area contributed by atoms with Crippen molar-refractivity contribution in [2.75, 3.05) is 0 Å². The smallest absolute Gasteiger partial charge is 0.157 e. The van der Waals surface area contributed by atoms with Gasteiger partial charge in [0.15, 0.2) is 6.29 Å². The summed E-state index contributed by atoms with van der Waals surface area (Å²) in [7, 11) is 0. The van der Waals surface area contributed by atoms with E-state index in [4.69, 9.17) is 4.74 Å². The van der Waals surface area contributed by atoms with E-state index in [-0.39, 0.29) is 12.0 Å². The van der Waals surface area contributed by atoms with Gasteiger partial charge in [0.1, 0.15) is 0 Å². The second kappa shape index (κ2) is 4.94. The van der Waals surface area contributed by atoms with Crippen molar-refractivity contribution in [3.63, 3.8) is 0 Å². The molecule has 0 aromatic carbocycles. The van der Waals surface area contributed by atoms with Crippen LogP contribution in [0.1, 0.15) is 33.6 Å². The standard InChI is InChI=1S/C12H22O2/c1-5-6-8(2)11-9(3)7-10(4)12(13)14-11/h5,8-13H,1,6-7H2,2-4H3/t8-,9-,10+,11+,12?/m0/s1. The van der Waals surface area contributed by atoms with Gasteiger partial charge in [0.05, 0.1) is 6.10 Å². The van der Waals surface area contributed by atoms with Crippen molar-refractivity contribution in [1.29, 1.82) is 0 Å². The minimum Gasteiger partial charge on any atom is -0.368 e. The fourth-order valence-electron chi connectivity index (χ4n) is 2.36. The first-order valence-electron chi connectivity index (χ1n) is 5.50. The van der Waals surface area contributed by atoms with Crippen LogP contribution in [0, 0.1) is 17.8 Å². The zero-order valence-electron chi connectivity index (χ0n) is 9.44. The van der Waals surface area contributed by atoms with Gasteiger partial charge in [-0.1, -0.05) is 26.8 Å². The van der Waals surface area contributed by atoms with E-state index in [9.17, 15) is 5.11 Å². The summed E-state index contributed by atoms with van der Waals surface area (Å²) in [6, 6.07) is 0. The van der Waals surface area contributed by atoms with Crippen LogP contribution in [0.25, 0.3) is 0 Å². The predicted molar refractivity (Wildman–Crippen MR) is 57.8 cm³/mol. The molecule has 14 heavy (non-hydrogen) atoms. The van der Waals surface area contributed by atoms with Crippen LogP contribution in [0.3, 0.4) is 0 Å². The molecule has 1 aliphatic rings. The molecule has 82 valence electrons. The molecular weight excluding hydrogens is 176 g/mol. The van der Waals surface area contributed by atoms with E-state index in [0.717, 1.165) is 12.8 Å². The number of hydrogen-bond acceptors (Lipinski definition) is 2. The van der Waals surface area contributed by atoms with Crippen LogP contribution in [0.2, 0.25) is 0 Å². The highest BCUT2D eigenvalue weighted by Gasteiger charge is 2.34. The monoisotopic (exact) mass is 198 g/mol. The van der Waals surface area contributed by atoms with Gasteiger partial charge in [-0.25, -0.2) is 0 Å². The number of hydrogen-bond donors (Lipinski definition) is 1. The average Bonchev–Trinajstić information content (AvgIpc) is 2.11. The molecule has 5 atom stereocenters. The maximum atomic E-state index is 9.63. The van der Waals surface area contributed by atoms with Gasteiger partial charge in [-0.2, -0.15) is 0 Å².